The molecule has 1 heterocycles. The van der Waals surface area contributed by atoms with Gasteiger partial charge in [-0.2, -0.15) is 0 Å². The minimum absolute atomic E-state index is 0.0462. The van der Waals surface area contributed by atoms with Crippen LogP contribution in [0.4, 0.5) is 10.1 Å². The van der Waals surface area contributed by atoms with Crippen LogP contribution in [0.3, 0.4) is 0 Å². The summed E-state index contributed by atoms with van der Waals surface area (Å²) in [5.74, 6) is -0.0813. The maximum atomic E-state index is 13.3. The molecule has 0 fully saturated rings. The molecule has 0 aromatic heterocycles. The van der Waals surface area contributed by atoms with Crippen molar-refractivity contribution in [2.75, 3.05) is 5.32 Å². The van der Waals surface area contributed by atoms with Gasteiger partial charge in [0, 0.05) is 23.2 Å². The van der Waals surface area contributed by atoms with Crippen molar-refractivity contribution in [2.45, 2.75) is 32.2 Å². The van der Waals surface area contributed by atoms with Crippen molar-refractivity contribution in [2.24, 2.45) is 0 Å². The number of hydrogen-bond acceptors (Lipinski definition) is 1. The van der Waals surface area contributed by atoms with Crippen LogP contribution in [0.25, 0.3) is 0 Å². The number of anilines is 1. The van der Waals surface area contributed by atoms with Gasteiger partial charge in [0.05, 0.1) is 0 Å². The van der Waals surface area contributed by atoms with E-state index in [4.69, 9.17) is 0 Å². The number of benzene rings is 1. The lowest BCUT2D eigenvalue weighted by Gasteiger charge is -2.22. The second-order valence-electron chi connectivity index (χ2n) is 3.98. The Kier molecular flexibility index (Phi) is 1.79. The fourth-order valence-electron chi connectivity index (χ4n) is 1.83. The molecule has 0 radical (unpaired) electrons. The van der Waals surface area contributed by atoms with Crippen LogP contribution in [0, 0.1) is 5.82 Å². The van der Waals surface area contributed by atoms with E-state index in [0.717, 1.165) is 24.1 Å². The monoisotopic (exact) mass is 179 g/mol. The molecular weight excluding hydrogens is 165 g/mol. The Balaban J connectivity index is 2.40. The molecule has 1 nitrogen and oxygen atoms in total. The van der Waals surface area contributed by atoms with Crippen LogP contribution in [0.1, 0.15) is 25.8 Å². The van der Waals surface area contributed by atoms with E-state index in [2.05, 4.69) is 19.2 Å². The van der Waals surface area contributed by atoms with Gasteiger partial charge in [-0.15, -0.1) is 0 Å². The standard InChI is InChI=1S/C11H14FN/c1-3-11(2)7-8-9(12)5-4-6-10(8)13-11/h4-6,13H,3,7H2,1-2H3. The quantitative estimate of drug-likeness (QED) is 0.698. The zero-order valence-electron chi connectivity index (χ0n) is 8.02. The summed E-state index contributed by atoms with van der Waals surface area (Å²) in [5.41, 5.74) is 1.85. The summed E-state index contributed by atoms with van der Waals surface area (Å²) < 4.78 is 13.3. The lowest BCUT2D eigenvalue weighted by atomic mass is 9.95. The van der Waals surface area contributed by atoms with E-state index in [0.29, 0.717) is 0 Å². The van der Waals surface area contributed by atoms with Gasteiger partial charge in [-0.3, -0.25) is 0 Å². The second kappa shape index (κ2) is 2.72. The average molecular weight is 179 g/mol. The molecule has 1 aromatic carbocycles. The van der Waals surface area contributed by atoms with Gasteiger partial charge < -0.3 is 5.32 Å². The van der Waals surface area contributed by atoms with Crippen molar-refractivity contribution in [3.05, 3.63) is 29.6 Å². The topological polar surface area (TPSA) is 12.0 Å². The second-order valence-corrected chi connectivity index (χ2v) is 3.98. The van der Waals surface area contributed by atoms with Crippen molar-refractivity contribution in [3.63, 3.8) is 0 Å². The fourth-order valence-corrected chi connectivity index (χ4v) is 1.83. The Morgan fingerprint density at radius 2 is 2.31 bits per heavy atom. The van der Waals surface area contributed by atoms with Crippen molar-refractivity contribution in [1.82, 2.24) is 0 Å². The SMILES string of the molecule is CCC1(C)Cc2c(F)cccc2N1. The smallest absolute Gasteiger partial charge is 0.128 e. The maximum absolute atomic E-state index is 13.3. The molecular formula is C11H14FN. The Morgan fingerprint density at radius 3 is 2.92 bits per heavy atom. The highest BCUT2D eigenvalue weighted by Crippen LogP contribution is 2.35. The molecule has 1 N–H and O–H groups in total. The van der Waals surface area contributed by atoms with E-state index < -0.39 is 0 Å². The van der Waals surface area contributed by atoms with Crippen molar-refractivity contribution in [3.8, 4) is 0 Å². The molecule has 1 aliphatic rings. The predicted molar refractivity (Wildman–Crippen MR) is 52.4 cm³/mol. The van der Waals surface area contributed by atoms with Crippen LogP contribution in [0.2, 0.25) is 0 Å². The van der Waals surface area contributed by atoms with Crippen LogP contribution >= 0.6 is 0 Å². The summed E-state index contributed by atoms with van der Waals surface area (Å²) in [5, 5.41) is 3.36. The molecule has 70 valence electrons. The minimum Gasteiger partial charge on any atom is -0.379 e. The van der Waals surface area contributed by atoms with Crippen molar-refractivity contribution < 1.29 is 4.39 Å². The highest BCUT2D eigenvalue weighted by atomic mass is 19.1. The number of hydrogen-bond donors (Lipinski definition) is 1. The first kappa shape index (κ1) is 8.54. The van der Waals surface area contributed by atoms with Crippen LogP contribution in [0.15, 0.2) is 18.2 Å². The van der Waals surface area contributed by atoms with Crippen molar-refractivity contribution in [1.29, 1.82) is 0 Å². The zero-order chi connectivity index (χ0) is 9.47. The molecule has 0 amide bonds. The van der Waals surface area contributed by atoms with Crippen LogP contribution in [-0.4, -0.2) is 5.54 Å². The summed E-state index contributed by atoms with van der Waals surface area (Å²) in [6, 6.07) is 5.23. The molecule has 13 heavy (non-hydrogen) atoms. The van der Waals surface area contributed by atoms with Gasteiger partial charge in [-0.25, -0.2) is 4.39 Å². The maximum Gasteiger partial charge on any atom is 0.128 e. The first-order valence-corrected chi connectivity index (χ1v) is 4.70. The minimum atomic E-state index is -0.0813. The first-order chi connectivity index (χ1) is 6.14. The third kappa shape index (κ3) is 1.30. The van der Waals surface area contributed by atoms with Gasteiger partial charge in [0.15, 0.2) is 0 Å². The van der Waals surface area contributed by atoms with E-state index in [-0.39, 0.29) is 11.4 Å². The molecule has 0 spiro atoms. The summed E-state index contributed by atoms with van der Waals surface area (Å²) in [6.07, 6.45) is 1.81. The molecule has 2 rings (SSSR count). The molecule has 0 saturated carbocycles. The van der Waals surface area contributed by atoms with Gasteiger partial charge in [-0.1, -0.05) is 13.0 Å². The Morgan fingerprint density at radius 1 is 1.54 bits per heavy atom. The number of nitrogens with one attached hydrogen (secondary N) is 1. The third-order valence-corrected chi connectivity index (χ3v) is 2.90. The number of rotatable bonds is 1. The third-order valence-electron chi connectivity index (χ3n) is 2.90. The van der Waals surface area contributed by atoms with Gasteiger partial charge in [0.1, 0.15) is 5.82 Å². The summed E-state index contributed by atoms with van der Waals surface area (Å²) >= 11 is 0. The fraction of sp³-hybridized carbons (Fsp3) is 0.455. The molecule has 1 unspecified atom stereocenters. The van der Waals surface area contributed by atoms with Crippen LogP contribution < -0.4 is 5.32 Å². The molecule has 1 atom stereocenters. The van der Waals surface area contributed by atoms with E-state index in [1.54, 1.807) is 6.07 Å². The van der Waals surface area contributed by atoms with Crippen LogP contribution in [0.5, 0.6) is 0 Å². The first-order valence-electron chi connectivity index (χ1n) is 4.70. The van der Waals surface area contributed by atoms with E-state index in [1.165, 1.54) is 6.07 Å². The van der Waals surface area contributed by atoms with Gasteiger partial charge in [0.2, 0.25) is 0 Å². The predicted octanol–water partition coefficient (Wildman–Crippen LogP) is 2.96. The van der Waals surface area contributed by atoms with Crippen LogP contribution in [-0.2, 0) is 6.42 Å². The molecule has 2 heteroatoms. The molecule has 0 saturated heterocycles. The number of halogens is 1. The normalized spacial score (nSPS) is 25.5. The van der Waals surface area contributed by atoms with Gasteiger partial charge in [-0.05, 0) is 25.5 Å². The highest BCUT2D eigenvalue weighted by Gasteiger charge is 2.31. The Labute approximate surface area is 78.0 Å². The summed E-state index contributed by atoms with van der Waals surface area (Å²) in [6.45, 7) is 4.25. The van der Waals surface area contributed by atoms with Crippen molar-refractivity contribution >= 4 is 5.69 Å². The summed E-state index contributed by atoms with van der Waals surface area (Å²) in [7, 11) is 0. The molecule has 1 aromatic rings. The molecule has 1 aliphatic heterocycles. The molecule has 0 bridgehead atoms. The van der Waals surface area contributed by atoms with E-state index in [9.17, 15) is 4.39 Å². The number of fused-ring (bicyclic) bond motifs is 1. The lowest BCUT2D eigenvalue weighted by Crippen LogP contribution is -2.30. The highest BCUT2D eigenvalue weighted by molar-refractivity contribution is 5.59. The van der Waals surface area contributed by atoms with Gasteiger partial charge >= 0.3 is 0 Å². The molecule has 0 aliphatic carbocycles. The Bertz CT molecular complexity index is 335. The largest absolute Gasteiger partial charge is 0.379 e. The zero-order valence-corrected chi connectivity index (χ0v) is 8.02. The van der Waals surface area contributed by atoms with Gasteiger partial charge in [0.25, 0.3) is 0 Å². The van der Waals surface area contributed by atoms with E-state index in [1.807, 2.05) is 6.07 Å². The average Bonchev–Trinajstić information content (AvgIpc) is 2.45. The van der Waals surface area contributed by atoms with E-state index >= 15 is 0 Å². The summed E-state index contributed by atoms with van der Waals surface area (Å²) in [4.78, 5) is 0. The lowest BCUT2D eigenvalue weighted by molar-refractivity contribution is 0.504. The Hall–Kier alpha value is -1.05.